The number of rotatable bonds is 7. The van der Waals surface area contributed by atoms with Crippen LogP contribution in [0.15, 0.2) is 54.6 Å². The molecule has 0 heterocycles. The molecule has 1 atom stereocenters. The molecule has 3 nitrogen and oxygen atoms in total. The lowest BCUT2D eigenvalue weighted by Crippen LogP contribution is -2.34. The fourth-order valence-electron chi connectivity index (χ4n) is 3.93. The van der Waals surface area contributed by atoms with Crippen molar-refractivity contribution < 1.29 is 10.2 Å². The highest BCUT2D eigenvalue weighted by atomic mass is 16.3. The molecule has 1 unspecified atom stereocenters. The molecule has 1 saturated carbocycles. The van der Waals surface area contributed by atoms with Crippen LogP contribution in [-0.2, 0) is 0 Å². The van der Waals surface area contributed by atoms with Gasteiger partial charge in [0.25, 0.3) is 0 Å². The summed E-state index contributed by atoms with van der Waals surface area (Å²) in [5, 5.41) is 22.8. The van der Waals surface area contributed by atoms with E-state index in [9.17, 15) is 10.2 Å². The Morgan fingerprint density at radius 1 is 0.920 bits per heavy atom. The van der Waals surface area contributed by atoms with Crippen LogP contribution in [0, 0.1) is 0 Å². The van der Waals surface area contributed by atoms with Crippen molar-refractivity contribution in [1.82, 2.24) is 5.32 Å². The van der Waals surface area contributed by atoms with Crippen molar-refractivity contribution in [2.24, 2.45) is 0 Å². The lowest BCUT2D eigenvalue weighted by molar-refractivity contribution is 0.254. The first-order valence-corrected chi connectivity index (χ1v) is 9.44. The van der Waals surface area contributed by atoms with Crippen molar-refractivity contribution in [3.63, 3.8) is 0 Å². The molecule has 1 aliphatic carbocycles. The molecule has 1 aliphatic rings. The minimum atomic E-state index is 0.208. The summed E-state index contributed by atoms with van der Waals surface area (Å²) < 4.78 is 0. The van der Waals surface area contributed by atoms with E-state index in [1.807, 2.05) is 18.2 Å². The molecule has 134 valence electrons. The van der Waals surface area contributed by atoms with Crippen molar-refractivity contribution in [3.8, 4) is 5.75 Å². The van der Waals surface area contributed by atoms with Crippen molar-refractivity contribution in [2.45, 2.75) is 50.0 Å². The van der Waals surface area contributed by atoms with Gasteiger partial charge in [-0.2, -0.15) is 0 Å². The van der Waals surface area contributed by atoms with Crippen LogP contribution < -0.4 is 5.32 Å². The number of aliphatic hydroxyl groups is 1. The number of nitrogens with one attached hydrogen (secondary N) is 1. The van der Waals surface area contributed by atoms with E-state index in [4.69, 9.17) is 0 Å². The van der Waals surface area contributed by atoms with Gasteiger partial charge >= 0.3 is 0 Å². The second-order valence-electron chi connectivity index (χ2n) is 7.17. The highest BCUT2D eigenvalue weighted by Crippen LogP contribution is 2.33. The van der Waals surface area contributed by atoms with Gasteiger partial charge < -0.3 is 15.5 Å². The topological polar surface area (TPSA) is 52.5 Å². The molecule has 3 heteroatoms. The number of benzene rings is 2. The number of phenols is 1. The standard InChI is InChI=1S/C22H29NO2/c24-16-20(17-4-2-1-3-5-17)14-15-23-21-10-6-18(7-11-21)19-8-12-22(25)13-9-19/h1-5,8-9,12-13,18,20-21,23-25H,6-7,10-11,14-16H2. The Hall–Kier alpha value is -1.84. The predicted molar refractivity (Wildman–Crippen MR) is 102 cm³/mol. The number of phenolic OH excluding ortho intramolecular Hbond substituents is 1. The Kier molecular flexibility index (Phi) is 6.48. The third kappa shape index (κ3) is 5.07. The maximum absolute atomic E-state index is 9.65. The Balaban J connectivity index is 1.41. The van der Waals surface area contributed by atoms with Gasteiger partial charge in [-0.3, -0.25) is 0 Å². The van der Waals surface area contributed by atoms with Crippen LogP contribution in [0.25, 0.3) is 0 Å². The first-order valence-electron chi connectivity index (χ1n) is 9.44. The predicted octanol–water partition coefficient (Wildman–Crippen LogP) is 4.17. The summed E-state index contributed by atoms with van der Waals surface area (Å²) in [6, 6.07) is 18.6. The molecule has 3 N–H and O–H groups in total. The van der Waals surface area contributed by atoms with Gasteiger partial charge in [-0.25, -0.2) is 0 Å². The van der Waals surface area contributed by atoms with Crippen LogP contribution >= 0.6 is 0 Å². The van der Waals surface area contributed by atoms with Gasteiger partial charge in [0.2, 0.25) is 0 Å². The van der Waals surface area contributed by atoms with E-state index in [1.54, 1.807) is 12.1 Å². The fourth-order valence-corrected chi connectivity index (χ4v) is 3.93. The second kappa shape index (κ2) is 9.02. The number of hydrogen-bond acceptors (Lipinski definition) is 3. The van der Waals surface area contributed by atoms with Gasteiger partial charge in [-0.1, -0.05) is 42.5 Å². The summed E-state index contributed by atoms with van der Waals surface area (Å²) in [5.41, 5.74) is 2.57. The van der Waals surface area contributed by atoms with Crippen LogP contribution in [0.3, 0.4) is 0 Å². The zero-order chi connectivity index (χ0) is 17.5. The van der Waals surface area contributed by atoms with Gasteiger partial charge in [0.15, 0.2) is 0 Å². The molecular weight excluding hydrogens is 310 g/mol. The lowest BCUT2D eigenvalue weighted by atomic mass is 9.81. The maximum Gasteiger partial charge on any atom is 0.115 e. The van der Waals surface area contributed by atoms with Crippen LogP contribution in [-0.4, -0.2) is 29.4 Å². The third-order valence-corrected chi connectivity index (χ3v) is 5.51. The average Bonchev–Trinajstić information content (AvgIpc) is 2.67. The monoisotopic (exact) mass is 339 g/mol. The molecule has 2 aromatic carbocycles. The first kappa shape index (κ1) is 18.0. The van der Waals surface area contributed by atoms with E-state index in [-0.39, 0.29) is 12.5 Å². The summed E-state index contributed by atoms with van der Waals surface area (Å²) in [7, 11) is 0. The van der Waals surface area contributed by atoms with Crippen LogP contribution in [0.1, 0.15) is 55.1 Å². The molecule has 0 spiro atoms. The average molecular weight is 339 g/mol. The van der Waals surface area contributed by atoms with E-state index < -0.39 is 0 Å². The normalized spacial score (nSPS) is 21.8. The highest BCUT2D eigenvalue weighted by Gasteiger charge is 2.22. The van der Waals surface area contributed by atoms with Gasteiger partial charge in [-0.15, -0.1) is 0 Å². The molecule has 0 amide bonds. The largest absolute Gasteiger partial charge is 0.508 e. The molecule has 25 heavy (non-hydrogen) atoms. The molecule has 1 fully saturated rings. The number of aliphatic hydroxyl groups excluding tert-OH is 1. The fraction of sp³-hybridized carbons (Fsp3) is 0.455. The van der Waals surface area contributed by atoms with E-state index in [0.29, 0.717) is 17.7 Å². The Bertz CT molecular complexity index is 618. The van der Waals surface area contributed by atoms with Gasteiger partial charge in [-0.05, 0) is 67.8 Å². The van der Waals surface area contributed by atoms with Gasteiger partial charge in [0.05, 0.1) is 0 Å². The van der Waals surface area contributed by atoms with E-state index >= 15 is 0 Å². The Morgan fingerprint density at radius 3 is 2.24 bits per heavy atom. The first-order chi connectivity index (χ1) is 12.3. The van der Waals surface area contributed by atoms with Crippen molar-refractivity contribution in [3.05, 3.63) is 65.7 Å². The van der Waals surface area contributed by atoms with Crippen LogP contribution in [0.5, 0.6) is 5.75 Å². The summed E-state index contributed by atoms with van der Waals surface area (Å²) >= 11 is 0. The number of hydrogen-bond donors (Lipinski definition) is 3. The van der Waals surface area contributed by atoms with Crippen molar-refractivity contribution in [2.75, 3.05) is 13.2 Å². The summed E-state index contributed by atoms with van der Waals surface area (Å²) in [6.45, 7) is 1.16. The summed E-state index contributed by atoms with van der Waals surface area (Å²) in [5.74, 6) is 1.19. The van der Waals surface area contributed by atoms with E-state index in [2.05, 4.69) is 29.6 Å². The molecule has 0 radical (unpaired) electrons. The Labute approximate surface area is 150 Å². The molecule has 2 aromatic rings. The quantitative estimate of drug-likeness (QED) is 0.709. The van der Waals surface area contributed by atoms with Crippen molar-refractivity contribution >= 4 is 0 Å². The van der Waals surface area contributed by atoms with Crippen LogP contribution in [0.2, 0.25) is 0 Å². The number of aromatic hydroxyl groups is 1. The summed E-state index contributed by atoms with van der Waals surface area (Å²) in [4.78, 5) is 0. The molecule has 0 aromatic heterocycles. The van der Waals surface area contributed by atoms with Gasteiger partial charge in [0.1, 0.15) is 5.75 Å². The molecular formula is C22H29NO2. The zero-order valence-corrected chi connectivity index (χ0v) is 14.8. The summed E-state index contributed by atoms with van der Waals surface area (Å²) in [6.07, 6.45) is 5.76. The highest BCUT2D eigenvalue weighted by molar-refractivity contribution is 5.28. The third-order valence-electron chi connectivity index (χ3n) is 5.51. The SMILES string of the molecule is OCC(CCNC1CCC(c2ccc(O)cc2)CC1)c1ccccc1. The van der Waals surface area contributed by atoms with Crippen LogP contribution in [0.4, 0.5) is 0 Å². The minimum Gasteiger partial charge on any atom is -0.508 e. The molecule has 0 aliphatic heterocycles. The zero-order valence-electron chi connectivity index (χ0n) is 14.8. The molecule has 3 rings (SSSR count). The lowest BCUT2D eigenvalue weighted by Gasteiger charge is -2.30. The molecule has 0 saturated heterocycles. The van der Waals surface area contributed by atoms with E-state index in [1.165, 1.54) is 36.8 Å². The minimum absolute atomic E-state index is 0.208. The van der Waals surface area contributed by atoms with E-state index in [0.717, 1.165) is 13.0 Å². The smallest absolute Gasteiger partial charge is 0.115 e. The van der Waals surface area contributed by atoms with Crippen molar-refractivity contribution in [1.29, 1.82) is 0 Å². The van der Waals surface area contributed by atoms with Gasteiger partial charge in [0, 0.05) is 18.6 Å². The second-order valence-corrected chi connectivity index (χ2v) is 7.17. The Morgan fingerprint density at radius 2 is 1.60 bits per heavy atom. The molecule has 0 bridgehead atoms. The maximum atomic E-state index is 9.65.